The average molecular weight is 246 g/mol. The van der Waals surface area contributed by atoms with Gasteiger partial charge < -0.3 is 0 Å². The quantitative estimate of drug-likeness (QED) is 0.556. The van der Waals surface area contributed by atoms with Gasteiger partial charge in [0, 0.05) is 28.8 Å². The number of aromatic nitrogens is 4. The van der Waals surface area contributed by atoms with Gasteiger partial charge in [0.2, 0.25) is 0 Å². The normalized spacial score (nSPS) is 10.5. The number of nitrogens with one attached hydrogen (secondary N) is 1. The minimum atomic E-state index is 0.731. The van der Waals surface area contributed by atoms with E-state index in [4.69, 9.17) is 0 Å². The van der Waals surface area contributed by atoms with E-state index in [0.717, 1.165) is 14.9 Å². The number of halogens is 1. The molecule has 10 heavy (non-hydrogen) atoms. The molecule has 0 spiro atoms. The summed E-state index contributed by atoms with van der Waals surface area (Å²) < 4.78 is 0.731. The van der Waals surface area contributed by atoms with E-state index < -0.39 is 0 Å². The molecule has 2 heterocycles. The average Bonchev–Trinajstić information content (AvgIpc) is 2.33. The number of hydrogen-bond acceptors (Lipinski definition) is 3. The highest BCUT2D eigenvalue weighted by molar-refractivity contribution is 14.1. The van der Waals surface area contributed by atoms with Crippen molar-refractivity contribution in [3.05, 3.63) is 16.2 Å². The van der Waals surface area contributed by atoms with Crippen LogP contribution in [0, 0.1) is 3.83 Å². The molecule has 0 amide bonds. The Kier molecular flexibility index (Phi) is 1.30. The van der Waals surface area contributed by atoms with Crippen molar-refractivity contribution >= 4 is 33.6 Å². The Morgan fingerprint density at radius 3 is 3.20 bits per heavy atom. The molecule has 2 aromatic heterocycles. The predicted molar refractivity (Wildman–Crippen MR) is 44.4 cm³/mol. The molecule has 0 radical (unpaired) electrons. The standard InChI is InChI=1S/C5H3IN4/c6-5-7-1-3-2-8-10-4(3)9-5/h1-2H,(H,7,8,9,10). The zero-order valence-electron chi connectivity index (χ0n) is 4.87. The summed E-state index contributed by atoms with van der Waals surface area (Å²) in [7, 11) is 0. The van der Waals surface area contributed by atoms with E-state index in [2.05, 4.69) is 42.8 Å². The van der Waals surface area contributed by atoms with E-state index in [1.165, 1.54) is 0 Å². The van der Waals surface area contributed by atoms with Crippen LogP contribution in [-0.2, 0) is 0 Å². The summed E-state index contributed by atoms with van der Waals surface area (Å²) in [5, 5.41) is 7.51. The monoisotopic (exact) mass is 246 g/mol. The van der Waals surface area contributed by atoms with Crippen LogP contribution in [0.5, 0.6) is 0 Å². The summed E-state index contributed by atoms with van der Waals surface area (Å²) in [5.74, 6) is 0. The summed E-state index contributed by atoms with van der Waals surface area (Å²) in [6.07, 6.45) is 3.44. The molecule has 0 bridgehead atoms. The zero-order chi connectivity index (χ0) is 6.97. The van der Waals surface area contributed by atoms with Crippen molar-refractivity contribution in [2.75, 3.05) is 0 Å². The van der Waals surface area contributed by atoms with Gasteiger partial charge in [0.05, 0.1) is 11.6 Å². The van der Waals surface area contributed by atoms with Crippen molar-refractivity contribution < 1.29 is 0 Å². The Morgan fingerprint density at radius 1 is 1.40 bits per heavy atom. The van der Waals surface area contributed by atoms with Crippen LogP contribution in [0.15, 0.2) is 12.4 Å². The second-order valence-electron chi connectivity index (χ2n) is 1.81. The number of nitrogens with zero attached hydrogens (tertiary/aromatic N) is 3. The van der Waals surface area contributed by atoms with E-state index >= 15 is 0 Å². The van der Waals surface area contributed by atoms with Crippen LogP contribution in [0.3, 0.4) is 0 Å². The molecular weight excluding hydrogens is 243 g/mol. The molecule has 0 fully saturated rings. The highest BCUT2D eigenvalue weighted by Crippen LogP contribution is 2.05. The van der Waals surface area contributed by atoms with Crippen molar-refractivity contribution in [1.29, 1.82) is 0 Å². The van der Waals surface area contributed by atoms with E-state index in [-0.39, 0.29) is 0 Å². The lowest BCUT2D eigenvalue weighted by molar-refractivity contribution is 1.07. The summed E-state index contributed by atoms with van der Waals surface area (Å²) in [6, 6.07) is 0. The van der Waals surface area contributed by atoms with E-state index in [9.17, 15) is 0 Å². The maximum absolute atomic E-state index is 4.09. The van der Waals surface area contributed by atoms with E-state index in [1.807, 2.05) is 0 Å². The van der Waals surface area contributed by atoms with Gasteiger partial charge in [-0.25, -0.2) is 9.97 Å². The van der Waals surface area contributed by atoms with Crippen molar-refractivity contribution in [1.82, 2.24) is 20.2 Å². The lowest BCUT2D eigenvalue weighted by atomic mass is 10.5. The second-order valence-corrected chi connectivity index (χ2v) is 2.78. The molecule has 0 saturated carbocycles. The molecule has 0 aliphatic rings. The van der Waals surface area contributed by atoms with Gasteiger partial charge in [-0.15, -0.1) is 0 Å². The van der Waals surface area contributed by atoms with Crippen LogP contribution in [0.25, 0.3) is 11.0 Å². The van der Waals surface area contributed by atoms with Crippen molar-refractivity contribution in [2.45, 2.75) is 0 Å². The maximum Gasteiger partial charge on any atom is 0.192 e. The minimum Gasteiger partial charge on any atom is -0.261 e. The fourth-order valence-corrected chi connectivity index (χ4v) is 1.10. The van der Waals surface area contributed by atoms with Crippen LogP contribution in [0.4, 0.5) is 0 Å². The SMILES string of the molecule is Ic1ncc2cn[nH]c2n1. The Hall–Kier alpha value is -0.720. The van der Waals surface area contributed by atoms with Gasteiger partial charge in [-0.05, 0) is 0 Å². The summed E-state index contributed by atoms with van der Waals surface area (Å²) >= 11 is 2.06. The van der Waals surface area contributed by atoms with Crippen LogP contribution in [0.2, 0.25) is 0 Å². The van der Waals surface area contributed by atoms with E-state index in [0.29, 0.717) is 0 Å². The predicted octanol–water partition coefficient (Wildman–Crippen LogP) is 0.957. The smallest absolute Gasteiger partial charge is 0.192 e. The molecule has 2 rings (SSSR count). The molecule has 0 aromatic carbocycles. The summed E-state index contributed by atoms with van der Waals surface area (Å²) in [4.78, 5) is 8.09. The van der Waals surface area contributed by atoms with Gasteiger partial charge in [0.25, 0.3) is 0 Å². The second kappa shape index (κ2) is 2.15. The van der Waals surface area contributed by atoms with Gasteiger partial charge in [-0.1, -0.05) is 0 Å². The van der Waals surface area contributed by atoms with Crippen molar-refractivity contribution in [3.8, 4) is 0 Å². The molecule has 2 aromatic rings. The molecule has 0 aliphatic heterocycles. The van der Waals surface area contributed by atoms with Crippen LogP contribution in [0.1, 0.15) is 0 Å². The molecule has 1 N–H and O–H groups in total. The summed E-state index contributed by atoms with van der Waals surface area (Å²) in [5.41, 5.74) is 0.791. The molecule has 50 valence electrons. The Labute approximate surface area is 70.2 Å². The van der Waals surface area contributed by atoms with Crippen LogP contribution < -0.4 is 0 Å². The van der Waals surface area contributed by atoms with E-state index in [1.54, 1.807) is 12.4 Å². The Bertz CT molecular complexity index is 355. The first-order valence-corrected chi connectivity index (χ1v) is 3.76. The Balaban J connectivity index is 2.86. The van der Waals surface area contributed by atoms with Crippen LogP contribution in [-0.4, -0.2) is 20.2 Å². The zero-order valence-corrected chi connectivity index (χ0v) is 7.03. The third kappa shape index (κ3) is 0.859. The largest absolute Gasteiger partial charge is 0.261 e. The topological polar surface area (TPSA) is 54.5 Å². The van der Waals surface area contributed by atoms with Gasteiger partial charge in [-0.3, -0.25) is 5.10 Å². The van der Waals surface area contributed by atoms with Gasteiger partial charge in [0.1, 0.15) is 0 Å². The molecule has 0 unspecified atom stereocenters. The lowest BCUT2D eigenvalue weighted by Gasteiger charge is -1.86. The molecule has 0 saturated heterocycles. The highest BCUT2D eigenvalue weighted by Gasteiger charge is 1.96. The molecule has 5 heteroatoms. The molecular formula is C5H3IN4. The minimum absolute atomic E-state index is 0.731. The first-order valence-electron chi connectivity index (χ1n) is 2.68. The van der Waals surface area contributed by atoms with Gasteiger partial charge in [-0.2, -0.15) is 5.10 Å². The Morgan fingerprint density at radius 2 is 2.30 bits per heavy atom. The third-order valence-corrected chi connectivity index (χ3v) is 1.68. The summed E-state index contributed by atoms with van der Waals surface area (Å²) in [6.45, 7) is 0. The first-order chi connectivity index (χ1) is 4.86. The van der Waals surface area contributed by atoms with Gasteiger partial charge in [0.15, 0.2) is 9.48 Å². The van der Waals surface area contributed by atoms with Crippen molar-refractivity contribution in [2.24, 2.45) is 0 Å². The third-order valence-electron chi connectivity index (χ3n) is 1.16. The molecule has 4 nitrogen and oxygen atoms in total. The highest BCUT2D eigenvalue weighted by atomic mass is 127. The molecule has 0 atom stereocenters. The van der Waals surface area contributed by atoms with Gasteiger partial charge >= 0.3 is 0 Å². The number of hydrogen-bond donors (Lipinski definition) is 1. The maximum atomic E-state index is 4.09. The molecule has 0 aliphatic carbocycles. The number of H-pyrrole nitrogens is 1. The van der Waals surface area contributed by atoms with Crippen LogP contribution >= 0.6 is 22.6 Å². The fourth-order valence-electron chi connectivity index (χ4n) is 0.717. The lowest BCUT2D eigenvalue weighted by Crippen LogP contribution is -1.84. The first kappa shape index (κ1) is 6.02. The van der Waals surface area contributed by atoms with Crippen molar-refractivity contribution in [3.63, 3.8) is 0 Å². The number of rotatable bonds is 0. The number of fused-ring (bicyclic) bond motifs is 1. The fraction of sp³-hybridized carbons (Fsp3) is 0. The number of aromatic amines is 1.